The number of hydrogen-bond donors (Lipinski definition) is 1. The molecule has 0 spiro atoms. The molecule has 0 bridgehead atoms. The number of likely N-dealkylation sites (N-methyl/N-ethyl adjacent to an activating group) is 1. The van der Waals surface area contributed by atoms with E-state index in [-0.39, 0.29) is 12.1 Å². The first kappa shape index (κ1) is 19.7. The number of anilines is 1. The monoisotopic (exact) mass is 376 g/mol. The molecule has 0 unspecified atom stereocenters. The van der Waals surface area contributed by atoms with Crippen LogP contribution in [-0.4, -0.2) is 33.3 Å². The summed E-state index contributed by atoms with van der Waals surface area (Å²) < 4.78 is 1.85. The summed E-state index contributed by atoms with van der Waals surface area (Å²) >= 11 is 0. The summed E-state index contributed by atoms with van der Waals surface area (Å²) in [6, 6.07) is 20.2. The highest BCUT2D eigenvalue weighted by molar-refractivity contribution is 5.90. The Balaban J connectivity index is 1.73. The Labute approximate surface area is 167 Å². The molecule has 5 heteroatoms. The average molecular weight is 377 g/mol. The molecular formula is C23H28N4O. The predicted octanol–water partition coefficient (Wildman–Crippen LogP) is 4.81. The van der Waals surface area contributed by atoms with Gasteiger partial charge < -0.3 is 10.2 Å². The third-order valence-electron chi connectivity index (χ3n) is 4.98. The van der Waals surface area contributed by atoms with Gasteiger partial charge >= 0.3 is 6.03 Å². The van der Waals surface area contributed by atoms with Gasteiger partial charge in [0.2, 0.25) is 0 Å². The normalized spacial score (nSPS) is 11.8. The molecule has 0 aliphatic carbocycles. The van der Waals surface area contributed by atoms with Crippen LogP contribution in [-0.2, 0) is 13.0 Å². The van der Waals surface area contributed by atoms with Gasteiger partial charge in [-0.1, -0.05) is 55.5 Å². The van der Waals surface area contributed by atoms with Crippen molar-refractivity contribution in [1.29, 1.82) is 0 Å². The van der Waals surface area contributed by atoms with Crippen LogP contribution in [0.4, 0.5) is 10.5 Å². The van der Waals surface area contributed by atoms with Gasteiger partial charge in [-0.05, 0) is 43.0 Å². The van der Waals surface area contributed by atoms with Gasteiger partial charge in [0.25, 0.3) is 0 Å². The molecule has 0 saturated heterocycles. The standard InChI is InChI=1S/C23H28N4O/c1-3-21(17-19-11-6-5-7-12-19)27(4-2)23(28)25-22-14-9-8-13-20(22)18-26-16-10-15-24-26/h5-16,21H,3-4,17-18H2,1-2H3,(H,25,28)/t21-/m1/s1. The first-order valence-electron chi connectivity index (χ1n) is 9.88. The zero-order valence-electron chi connectivity index (χ0n) is 16.6. The molecule has 0 aliphatic rings. The molecule has 5 nitrogen and oxygen atoms in total. The van der Waals surface area contributed by atoms with E-state index in [9.17, 15) is 4.79 Å². The van der Waals surface area contributed by atoms with Crippen LogP contribution in [0, 0.1) is 0 Å². The van der Waals surface area contributed by atoms with Gasteiger partial charge in [-0.25, -0.2) is 4.79 Å². The summed E-state index contributed by atoms with van der Waals surface area (Å²) in [5.41, 5.74) is 3.11. The third kappa shape index (κ3) is 5.00. The summed E-state index contributed by atoms with van der Waals surface area (Å²) in [4.78, 5) is 15.0. The second kappa shape index (κ2) is 9.74. The number of urea groups is 1. The van der Waals surface area contributed by atoms with Crippen LogP contribution in [0.5, 0.6) is 0 Å². The van der Waals surface area contributed by atoms with Crippen LogP contribution in [0.1, 0.15) is 31.4 Å². The number of para-hydroxylation sites is 1. The van der Waals surface area contributed by atoms with E-state index in [0.29, 0.717) is 13.1 Å². The van der Waals surface area contributed by atoms with Gasteiger partial charge in [0, 0.05) is 30.7 Å². The van der Waals surface area contributed by atoms with Crippen molar-refractivity contribution >= 4 is 11.7 Å². The molecule has 2 amide bonds. The van der Waals surface area contributed by atoms with E-state index < -0.39 is 0 Å². The van der Waals surface area contributed by atoms with E-state index in [0.717, 1.165) is 24.1 Å². The van der Waals surface area contributed by atoms with Gasteiger partial charge in [0.15, 0.2) is 0 Å². The molecule has 3 rings (SSSR count). The minimum absolute atomic E-state index is 0.0572. The van der Waals surface area contributed by atoms with Gasteiger partial charge in [-0.3, -0.25) is 4.68 Å². The van der Waals surface area contributed by atoms with Crippen molar-refractivity contribution in [2.24, 2.45) is 0 Å². The van der Waals surface area contributed by atoms with E-state index in [4.69, 9.17) is 0 Å². The van der Waals surface area contributed by atoms with E-state index >= 15 is 0 Å². The van der Waals surface area contributed by atoms with Gasteiger partial charge in [0.1, 0.15) is 0 Å². The number of nitrogens with one attached hydrogen (secondary N) is 1. The zero-order valence-corrected chi connectivity index (χ0v) is 16.6. The third-order valence-corrected chi connectivity index (χ3v) is 4.98. The SMILES string of the molecule is CC[C@H](Cc1ccccc1)N(CC)C(=O)Nc1ccccc1Cn1cccn1. The van der Waals surface area contributed by atoms with Crippen molar-refractivity contribution in [3.8, 4) is 0 Å². The van der Waals surface area contributed by atoms with E-state index in [1.807, 2.05) is 71.2 Å². The fourth-order valence-electron chi connectivity index (χ4n) is 3.46. The number of rotatable bonds is 8. The van der Waals surface area contributed by atoms with E-state index in [1.165, 1.54) is 5.56 Å². The van der Waals surface area contributed by atoms with Crippen LogP contribution in [0.2, 0.25) is 0 Å². The quantitative estimate of drug-likeness (QED) is 0.613. The lowest BCUT2D eigenvalue weighted by atomic mass is 10.0. The number of amides is 2. The van der Waals surface area contributed by atoms with Crippen LogP contribution in [0.15, 0.2) is 73.1 Å². The molecule has 0 fully saturated rings. The molecule has 0 saturated carbocycles. The number of carbonyl (C=O) groups excluding carboxylic acids is 1. The van der Waals surface area contributed by atoms with Crippen LogP contribution < -0.4 is 5.32 Å². The molecule has 1 N–H and O–H groups in total. The molecule has 28 heavy (non-hydrogen) atoms. The molecule has 0 radical (unpaired) electrons. The van der Waals surface area contributed by atoms with Crippen LogP contribution >= 0.6 is 0 Å². The number of benzene rings is 2. The second-order valence-electron chi connectivity index (χ2n) is 6.83. The Morgan fingerprint density at radius 1 is 1.07 bits per heavy atom. The highest BCUT2D eigenvalue weighted by atomic mass is 16.2. The van der Waals surface area contributed by atoms with E-state index in [2.05, 4.69) is 29.5 Å². The van der Waals surface area contributed by atoms with Crippen molar-refractivity contribution in [2.75, 3.05) is 11.9 Å². The molecule has 0 aliphatic heterocycles. The Morgan fingerprint density at radius 3 is 2.50 bits per heavy atom. The number of carbonyl (C=O) groups is 1. The Kier molecular flexibility index (Phi) is 6.84. The van der Waals surface area contributed by atoms with Gasteiger partial charge in [0.05, 0.1) is 6.54 Å². The molecule has 1 heterocycles. The lowest BCUT2D eigenvalue weighted by Gasteiger charge is -2.31. The maximum atomic E-state index is 13.1. The highest BCUT2D eigenvalue weighted by Gasteiger charge is 2.22. The smallest absolute Gasteiger partial charge is 0.322 e. The number of aromatic nitrogens is 2. The van der Waals surface area contributed by atoms with Crippen LogP contribution in [0.25, 0.3) is 0 Å². The summed E-state index contributed by atoms with van der Waals surface area (Å²) in [6.45, 7) is 5.45. The van der Waals surface area contributed by atoms with E-state index in [1.54, 1.807) is 6.20 Å². The fourth-order valence-corrected chi connectivity index (χ4v) is 3.46. The Bertz CT molecular complexity index is 861. The minimum Gasteiger partial charge on any atom is -0.322 e. The summed E-state index contributed by atoms with van der Waals surface area (Å²) in [6.07, 6.45) is 5.44. The molecule has 3 aromatic rings. The summed E-state index contributed by atoms with van der Waals surface area (Å²) in [5.74, 6) is 0. The van der Waals surface area contributed by atoms with Crippen molar-refractivity contribution < 1.29 is 4.79 Å². The molecule has 1 aromatic heterocycles. The predicted molar refractivity (Wildman–Crippen MR) is 113 cm³/mol. The average Bonchev–Trinajstić information content (AvgIpc) is 3.23. The largest absolute Gasteiger partial charge is 0.322 e. The van der Waals surface area contributed by atoms with Crippen molar-refractivity contribution in [3.63, 3.8) is 0 Å². The van der Waals surface area contributed by atoms with Gasteiger partial charge in [-0.15, -0.1) is 0 Å². The Morgan fingerprint density at radius 2 is 1.82 bits per heavy atom. The topological polar surface area (TPSA) is 50.2 Å². The fraction of sp³-hybridized carbons (Fsp3) is 0.304. The highest BCUT2D eigenvalue weighted by Crippen LogP contribution is 2.19. The van der Waals surface area contributed by atoms with Gasteiger partial charge in [-0.2, -0.15) is 5.10 Å². The minimum atomic E-state index is -0.0572. The van der Waals surface area contributed by atoms with Crippen molar-refractivity contribution in [1.82, 2.24) is 14.7 Å². The maximum absolute atomic E-state index is 13.1. The lowest BCUT2D eigenvalue weighted by molar-refractivity contribution is 0.189. The summed E-state index contributed by atoms with van der Waals surface area (Å²) in [7, 11) is 0. The molecule has 2 aromatic carbocycles. The number of nitrogens with zero attached hydrogens (tertiary/aromatic N) is 3. The molecule has 1 atom stereocenters. The first-order chi connectivity index (χ1) is 13.7. The first-order valence-corrected chi connectivity index (χ1v) is 9.88. The maximum Gasteiger partial charge on any atom is 0.322 e. The summed E-state index contributed by atoms with van der Waals surface area (Å²) in [5, 5.41) is 7.39. The van der Waals surface area contributed by atoms with Crippen molar-refractivity contribution in [2.45, 2.75) is 39.3 Å². The lowest BCUT2D eigenvalue weighted by Crippen LogP contribution is -2.43. The Hall–Kier alpha value is -3.08. The van der Waals surface area contributed by atoms with Crippen LogP contribution in [0.3, 0.4) is 0 Å². The second-order valence-corrected chi connectivity index (χ2v) is 6.83. The molecule has 146 valence electrons. The van der Waals surface area contributed by atoms with Crippen molar-refractivity contribution in [3.05, 3.63) is 84.2 Å². The molecular weight excluding hydrogens is 348 g/mol. The number of hydrogen-bond acceptors (Lipinski definition) is 2. The zero-order chi connectivity index (χ0) is 19.8.